The number of unbranched alkanes of at least 4 members (excludes halogenated alkanes) is 1. The lowest BCUT2D eigenvalue weighted by molar-refractivity contribution is -0.135. The minimum absolute atomic E-state index is 0.313. The van der Waals surface area contributed by atoms with Crippen molar-refractivity contribution in [3.63, 3.8) is 0 Å². The van der Waals surface area contributed by atoms with Crippen molar-refractivity contribution in [2.45, 2.75) is 52.0 Å². The van der Waals surface area contributed by atoms with Gasteiger partial charge in [0.05, 0.1) is 0 Å². The van der Waals surface area contributed by atoms with Crippen LogP contribution in [0.2, 0.25) is 0 Å². The summed E-state index contributed by atoms with van der Waals surface area (Å²) in [4.78, 5) is 50.5. The van der Waals surface area contributed by atoms with Crippen LogP contribution in [0.3, 0.4) is 0 Å². The lowest BCUT2D eigenvalue weighted by Crippen LogP contribution is -2.47. The zero-order valence-corrected chi connectivity index (χ0v) is 17.6. The summed E-state index contributed by atoms with van der Waals surface area (Å²) >= 11 is 0. The predicted octanol–water partition coefficient (Wildman–Crippen LogP) is 2.63. The van der Waals surface area contributed by atoms with Crippen molar-refractivity contribution in [3.05, 3.63) is 35.6 Å². The summed E-state index contributed by atoms with van der Waals surface area (Å²) in [6, 6.07) is 3.95. The van der Waals surface area contributed by atoms with Gasteiger partial charge in [-0.15, -0.1) is 0 Å². The van der Waals surface area contributed by atoms with E-state index >= 15 is 0 Å². The first kappa shape index (κ1) is 23.3. The second-order valence-corrected chi connectivity index (χ2v) is 7.82. The number of imide groups is 2. The summed E-state index contributed by atoms with van der Waals surface area (Å²) in [5.41, 5.74) is -0.911. The third-order valence-electron chi connectivity index (χ3n) is 4.98. The number of carbonyl (C=O) groups excluding carboxylic acids is 4. The van der Waals surface area contributed by atoms with E-state index in [2.05, 4.69) is 16.0 Å². The third kappa shape index (κ3) is 5.55. The van der Waals surface area contributed by atoms with Crippen LogP contribution >= 0.6 is 0 Å². The van der Waals surface area contributed by atoms with E-state index in [1.807, 2.05) is 20.8 Å². The molecule has 8 nitrogen and oxygen atoms in total. The highest BCUT2D eigenvalue weighted by atomic mass is 19.1. The number of benzene rings is 1. The third-order valence-corrected chi connectivity index (χ3v) is 4.98. The van der Waals surface area contributed by atoms with Gasteiger partial charge in [-0.3, -0.25) is 19.8 Å². The van der Waals surface area contributed by atoms with Gasteiger partial charge in [-0.1, -0.05) is 45.7 Å². The molecule has 3 N–H and O–H groups in total. The summed E-state index contributed by atoms with van der Waals surface area (Å²) in [7, 11) is 0. The highest BCUT2D eigenvalue weighted by Crippen LogP contribution is 2.34. The number of rotatable bonds is 9. The SMILES string of the molecule is CCCC[C@@]1(c2ccc(F)cc2)NC(=O)N(CC(=O)NC(=O)NCCC(C)C)C1=O. The molecule has 0 aromatic heterocycles. The summed E-state index contributed by atoms with van der Waals surface area (Å²) in [5.74, 6) is -1.43. The largest absolute Gasteiger partial charge is 0.338 e. The van der Waals surface area contributed by atoms with E-state index in [9.17, 15) is 23.6 Å². The van der Waals surface area contributed by atoms with Gasteiger partial charge in [-0.25, -0.2) is 14.0 Å². The van der Waals surface area contributed by atoms with Gasteiger partial charge in [-0.05, 0) is 36.5 Å². The van der Waals surface area contributed by atoms with Crippen LogP contribution in [0.1, 0.15) is 52.0 Å². The molecule has 0 radical (unpaired) electrons. The molecule has 2 rings (SSSR count). The molecule has 0 unspecified atom stereocenters. The van der Waals surface area contributed by atoms with Crippen LogP contribution < -0.4 is 16.0 Å². The number of amides is 6. The zero-order valence-electron chi connectivity index (χ0n) is 17.6. The van der Waals surface area contributed by atoms with Crippen LogP contribution in [0.4, 0.5) is 14.0 Å². The Morgan fingerprint density at radius 2 is 1.87 bits per heavy atom. The molecule has 1 aliphatic heterocycles. The predicted molar refractivity (Wildman–Crippen MR) is 109 cm³/mol. The molecular formula is C21H29FN4O4. The number of carbonyl (C=O) groups is 4. The Morgan fingerprint density at radius 3 is 2.47 bits per heavy atom. The summed E-state index contributed by atoms with van der Waals surface area (Å²) in [6.45, 7) is 5.78. The Hall–Kier alpha value is -2.97. The molecule has 0 spiro atoms. The number of nitrogens with one attached hydrogen (secondary N) is 3. The maximum Gasteiger partial charge on any atom is 0.325 e. The molecule has 164 valence electrons. The monoisotopic (exact) mass is 420 g/mol. The first-order valence-corrected chi connectivity index (χ1v) is 10.2. The fourth-order valence-electron chi connectivity index (χ4n) is 3.28. The molecule has 0 aliphatic carbocycles. The Balaban J connectivity index is 2.09. The van der Waals surface area contributed by atoms with Crippen LogP contribution in [-0.2, 0) is 15.1 Å². The van der Waals surface area contributed by atoms with E-state index in [0.717, 1.165) is 17.7 Å². The lowest BCUT2D eigenvalue weighted by Gasteiger charge is -2.27. The van der Waals surface area contributed by atoms with Gasteiger partial charge in [0.1, 0.15) is 17.9 Å². The van der Waals surface area contributed by atoms with Gasteiger partial charge in [0.15, 0.2) is 0 Å². The maximum absolute atomic E-state index is 13.4. The molecule has 1 heterocycles. The van der Waals surface area contributed by atoms with Gasteiger partial charge in [0.2, 0.25) is 5.91 Å². The summed E-state index contributed by atoms with van der Waals surface area (Å²) in [5, 5.41) is 7.36. The number of hydrogen-bond acceptors (Lipinski definition) is 4. The van der Waals surface area contributed by atoms with Crippen LogP contribution in [0.25, 0.3) is 0 Å². The van der Waals surface area contributed by atoms with Crippen molar-refractivity contribution in [1.82, 2.24) is 20.9 Å². The number of nitrogens with zero attached hydrogens (tertiary/aromatic N) is 1. The van der Waals surface area contributed by atoms with Crippen molar-refractivity contribution in [2.75, 3.05) is 13.1 Å². The van der Waals surface area contributed by atoms with Crippen LogP contribution in [0.15, 0.2) is 24.3 Å². The molecule has 1 atom stereocenters. The van der Waals surface area contributed by atoms with Crippen molar-refractivity contribution in [1.29, 1.82) is 0 Å². The molecule has 6 amide bonds. The van der Waals surface area contributed by atoms with Crippen LogP contribution in [0, 0.1) is 11.7 Å². The summed E-state index contributed by atoms with van der Waals surface area (Å²) in [6.07, 6.45) is 2.49. The van der Waals surface area contributed by atoms with Crippen LogP contribution in [-0.4, -0.2) is 41.9 Å². The minimum Gasteiger partial charge on any atom is -0.338 e. The van der Waals surface area contributed by atoms with E-state index in [-0.39, 0.29) is 0 Å². The highest BCUT2D eigenvalue weighted by Gasteiger charge is 2.52. The Bertz CT molecular complexity index is 797. The molecule has 30 heavy (non-hydrogen) atoms. The Kier molecular flexibility index (Phi) is 7.91. The Morgan fingerprint density at radius 1 is 1.20 bits per heavy atom. The first-order valence-electron chi connectivity index (χ1n) is 10.2. The van der Waals surface area contributed by atoms with E-state index in [1.165, 1.54) is 24.3 Å². The molecule has 9 heteroatoms. The standard InChI is InChI=1S/C21H29FN4O4/c1-4-5-11-21(15-6-8-16(22)9-7-15)18(28)26(20(30)25-21)13-17(27)24-19(29)23-12-10-14(2)3/h6-9,14H,4-5,10-13H2,1-3H3,(H,25,30)(H2,23,24,27,29)/t21-/m0/s1. The zero-order chi connectivity index (χ0) is 22.3. The molecule has 1 aliphatic rings. The summed E-state index contributed by atoms with van der Waals surface area (Å²) < 4.78 is 13.4. The van der Waals surface area contributed by atoms with Gasteiger partial charge >= 0.3 is 12.1 Å². The second kappa shape index (κ2) is 10.2. The highest BCUT2D eigenvalue weighted by molar-refractivity contribution is 6.10. The quantitative estimate of drug-likeness (QED) is 0.534. The van der Waals surface area contributed by atoms with E-state index < -0.39 is 41.8 Å². The van der Waals surface area contributed by atoms with E-state index in [0.29, 0.717) is 30.9 Å². The number of urea groups is 2. The molecule has 1 aromatic carbocycles. The van der Waals surface area contributed by atoms with E-state index in [4.69, 9.17) is 0 Å². The number of halogens is 1. The molecule has 1 aromatic rings. The number of hydrogen-bond donors (Lipinski definition) is 3. The molecule has 0 bridgehead atoms. The average Bonchev–Trinajstić information content (AvgIpc) is 2.91. The van der Waals surface area contributed by atoms with Gasteiger partial charge < -0.3 is 10.6 Å². The van der Waals surface area contributed by atoms with Crippen molar-refractivity contribution >= 4 is 23.9 Å². The lowest BCUT2D eigenvalue weighted by atomic mass is 9.85. The molecular weight excluding hydrogens is 391 g/mol. The molecule has 1 saturated heterocycles. The first-order chi connectivity index (χ1) is 14.2. The normalized spacial score (nSPS) is 18.5. The molecule has 0 saturated carbocycles. The van der Waals surface area contributed by atoms with Crippen molar-refractivity contribution in [3.8, 4) is 0 Å². The van der Waals surface area contributed by atoms with Gasteiger partial charge in [0, 0.05) is 6.54 Å². The minimum atomic E-state index is -1.36. The van der Waals surface area contributed by atoms with E-state index in [1.54, 1.807) is 0 Å². The van der Waals surface area contributed by atoms with Crippen LogP contribution in [0.5, 0.6) is 0 Å². The Labute approximate surface area is 175 Å². The smallest absolute Gasteiger partial charge is 0.325 e. The average molecular weight is 420 g/mol. The molecule has 1 fully saturated rings. The van der Waals surface area contributed by atoms with Crippen molar-refractivity contribution < 1.29 is 23.6 Å². The maximum atomic E-state index is 13.4. The fourth-order valence-corrected chi connectivity index (χ4v) is 3.28. The van der Waals surface area contributed by atoms with Gasteiger partial charge in [-0.2, -0.15) is 0 Å². The topological polar surface area (TPSA) is 108 Å². The van der Waals surface area contributed by atoms with Gasteiger partial charge in [0.25, 0.3) is 5.91 Å². The fraction of sp³-hybridized carbons (Fsp3) is 0.524. The second-order valence-electron chi connectivity index (χ2n) is 7.82. The van der Waals surface area contributed by atoms with Crippen molar-refractivity contribution in [2.24, 2.45) is 5.92 Å².